The Morgan fingerprint density at radius 1 is 0.192 bits per heavy atom. The number of fused-ring (bicyclic) bond motifs is 17. The number of benzene rings is 13. The molecule has 13 aromatic carbocycles. The molecule has 504 valence electrons. The summed E-state index contributed by atoms with van der Waals surface area (Å²) in [5.41, 5.74) is 14.9. The molecule has 0 aliphatic heterocycles. The quantitative estimate of drug-likeness (QED) is 0.140. The van der Waals surface area contributed by atoms with E-state index in [2.05, 4.69) is 270 Å². The largest absolute Gasteiger partial charge is 0.261 e. The summed E-state index contributed by atoms with van der Waals surface area (Å²) >= 11 is 0. The number of aryl methyl sites for hydroxylation is 8. The van der Waals surface area contributed by atoms with Crippen LogP contribution in [0, 0.1) is 55.4 Å². The van der Waals surface area contributed by atoms with E-state index in [4.69, 9.17) is 0 Å². The Morgan fingerprint density at radius 2 is 0.683 bits per heavy atom. The first-order valence-electron chi connectivity index (χ1n) is 35.2. The fourth-order valence-corrected chi connectivity index (χ4v) is 13.3. The number of para-hydroxylation sites is 3. The molecule has 0 fully saturated rings. The fourth-order valence-electron chi connectivity index (χ4n) is 13.3. The average molecular weight is 1340 g/mol. The molecule has 7 heteroatoms. The molecule has 0 bridgehead atoms. The molecule has 0 aliphatic carbocycles. The lowest BCUT2D eigenvalue weighted by Gasteiger charge is -2.10. The second-order valence-corrected chi connectivity index (χ2v) is 26.1. The standard InChI is InChI=1S/C19H14.C15H12.C13H10N2.5C10H9N/c1-13-10-11-18-16-8-3-2-6-14(16)15-7-4-5-9-17(15)19(18)12-13;1-11-10-12-6-2-3-8-14(12)15-9-5-4-7-13(11)15;1-9-8-10-4-2-6-14-12(10)13-11(9)5-3-7-15-13;1-8-6-9-4-2-3-5-10(9)7-11-8;1-8-6-9-4-2-3-5-10(9)11-7-8;1-8-10-5-3-2-4-9(10)6-7-11-8;1-8-6-7-11-10-5-3-2-4-9(8)10;1-8-6-7-9-4-2-3-5-10(9)11-8/h2-12H,1H3;2-10H,1H3;2-8H,1H3;5*2-7H,1H3. The Labute approximate surface area is 608 Å². The summed E-state index contributed by atoms with van der Waals surface area (Å²) in [7, 11) is 0. The van der Waals surface area contributed by atoms with Gasteiger partial charge in [0.1, 0.15) is 0 Å². The van der Waals surface area contributed by atoms with Crippen LogP contribution in [0.1, 0.15) is 44.9 Å². The molecule has 7 nitrogen and oxygen atoms in total. The Kier molecular flexibility index (Phi) is 22.1. The van der Waals surface area contributed by atoms with E-state index in [0.29, 0.717) is 0 Å². The van der Waals surface area contributed by atoms with Crippen molar-refractivity contribution in [3.63, 3.8) is 0 Å². The second kappa shape index (κ2) is 33.0. The zero-order valence-corrected chi connectivity index (χ0v) is 60.0. The minimum Gasteiger partial charge on any atom is -0.261 e. The van der Waals surface area contributed by atoms with Gasteiger partial charge in [-0.15, -0.1) is 0 Å². The summed E-state index contributed by atoms with van der Waals surface area (Å²) in [6, 6.07) is 107. The van der Waals surface area contributed by atoms with Crippen molar-refractivity contribution >= 4 is 130 Å². The zero-order chi connectivity index (χ0) is 71.7. The number of nitrogens with zero attached hydrogens (tertiary/aromatic N) is 7. The van der Waals surface area contributed by atoms with Gasteiger partial charge in [-0.2, -0.15) is 0 Å². The van der Waals surface area contributed by atoms with E-state index >= 15 is 0 Å². The molecule has 0 N–H and O–H groups in total. The summed E-state index contributed by atoms with van der Waals surface area (Å²) in [6.07, 6.45) is 11.1. The molecule has 20 rings (SSSR count). The van der Waals surface area contributed by atoms with Gasteiger partial charge in [0.25, 0.3) is 0 Å². The van der Waals surface area contributed by atoms with Gasteiger partial charge >= 0.3 is 0 Å². The summed E-state index contributed by atoms with van der Waals surface area (Å²) in [4.78, 5) is 30.1. The predicted molar refractivity (Wildman–Crippen MR) is 444 cm³/mol. The molecular weight excluding hydrogens is 1260 g/mol. The number of hydrogen-bond acceptors (Lipinski definition) is 7. The molecule has 0 saturated heterocycles. The van der Waals surface area contributed by atoms with E-state index in [9.17, 15) is 0 Å². The molecule has 0 amide bonds. The Balaban J connectivity index is 0.000000107. The second-order valence-electron chi connectivity index (χ2n) is 26.1. The third-order valence-electron chi connectivity index (χ3n) is 18.5. The summed E-state index contributed by atoms with van der Waals surface area (Å²) in [5.74, 6) is 0. The predicted octanol–water partition coefficient (Wildman–Crippen LogP) is 25.6. The Bertz CT molecular complexity index is 5950. The van der Waals surface area contributed by atoms with Gasteiger partial charge in [0.2, 0.25) is 0 Å². The molecule has 7 heterocycles. The van der Waals surface area contributed by atoms with Gasteiger partial charge in [0, 0.05) is 92.0 Å². The van der Waals surface area contributed by atoms with Gasteiger partial charge in [-0.25, -0.2) is 0 Å². The first-order valence-corrected chi connectivity index (χ1v) is 35.2. The highest BCUT2D eigenvalue weighted by Gasteiger charge is 2.09. The van der Waals surface area contributed by atoms with E-state index in [-0.39, 0.29) is 0 Å². The van der Waals surface area contributed by atoms with Crippen LogP contribution in [0.5, 0.6) is 0 Å². The van der Waals surface area contributed by atoms with Crippen LogP contribution < -0.4 is 0 Å². The molecule has 20 aromatic rings. The molecular formula is C97H81N7. The number of hydrogen-bond donors (Lipinski definition) is 0. The lowest BCUT2D eigenvalue weighted by Crippen LogP contribution is -1.86. The molecule has 7 aromatic heterocycles. The average Bonchev–Trinajstić information content (AvgIpc) is 0.748. The van der Waals surface area contributed by atoms with Gasteiger partial charge in [-0.1, -0.05) is 248 Å². The smallest absolute Gasteiger partial charge is 0.0967 e. The van der Waals surface area contributed by atoms with E-state index in [0.717, 1.165) is 50.1 Å². The van der Waals surface area contributed by atoms with Crippen LogP contribution in [0.2, 0.25) is 0 Å². The fraction of sp³-hybridized carbons (Fsp3) is 0.0825. The molecule has 104 heavy (non-hydrogen) atoms. The highest BCUT2D eigenvalue weighted by atomic mass is 14.7. The van der Waals surface area contributed by atoms with E-state index in [1.54, 1.807) is 0 Å². The molecule has 0 unspecified atom stereocenters. The lowest BCUT2D eigenvalue weighted by molar-refractivity contribution is 1.22. The van der Waals surface area contributed by atoms with Crippen molar-refractivity contribution in [1.82, 2.24) is 34.9 Å². The lowest BCUT2D eigenvalue weighted by atomic mass is 9.93. The van der Waals surface area contributed by atoms with Crippen LogP contribution >= 0.6 is 0 Å². The molecule has 0 spiro atoms. The van der Waals surface area contributed by atoms with Crippen LogP contribution in [0.3, 0.4) is 0 Å². The monoisotopic (exact) mass is 1340 g/mol. The maximum atomic E-state index is 4.41. The van der Waals surface area contributed by atoms with E-state index in [1.807, 2.05) is 167 Å². The van der Waals surface area contributed by atoms with Crippen molar-refractivity contribution in [3.8, 4) is 0 Å². The minimum absolute atomic E-state index is 0.985. The Hall–Kier alpha value is -13.0. The maximum Gasteiger partial charge on any atom is 0.0967 e. The number of pyridine rings is 7. The van der Waals surface area contributed by atoms with Crippen molar-refractivity contribution in [2.24, 2.45) is 0 Å². The van der Waals surface area contributed by atoms with E-state index in [1.165, 1.54) is 125 Å². The number of rotatable bonds is 0. The molecule has 0 atom stereocenters. The first kappa shape index (κ1) is 69.5. The third-order valence-corrected chi connectivity index (χ3v) is 18.5. The van der Waals surface area contributed by atoms with Crippen molar-refractivity contribution in [3.05, 3.63) is 391 Å². The van der Waals surface area contributed by atoms with Crippen LogP contribution in [-0.4, -0.2) is 34.9 Å². The minimum atomic E-state index is 0.985. The van der Waals surface area contributed by atoms with Crippen LogP contribution in [-0.2, 0) is 0 Å². The molecule has 0 aliphatic rings. The van der Waals surface area contributed by atoms with Crippen molar-refractivity contribution in [2.45, 2.75) is 55.4 Å². The highest BCUT2D eigenvalue weighted by Crippen LogP contribution is 2.36. The van der Waals surface area contributed by atoms with Gasteiger partial charge in [0.05, 0.1) is 27.6 Å². The van der Waals surface area contributed by atoms with Crippen LogP contribution in [0.25, 0.3) is 130 Å². The first-order chi connectivity index (χ1) is 50.9. The van der Waals surface area contributed by atoms with Gasteiger partial charge in [-0.3, -0.25) is 34.9 Å². The maximum absolute atomic E-state index is 4.41. The summed E-state index contributed by atoms with van der Waals surface area (Å²) in [5, 5.41) is 24.5. The van der Waals surface area contributed by atoms with Crippen LogP contribution in [0.15, 0.2) is 347 Å². The summed E-state index contributed by atoms with van der Waals surface area (Å²) in [6.45, 7) is 16.6. The number of aromatic nitrogens is 7. The zero-order valence-electron chi connectivity index (χ0n) is 60.0. The van der Waals surface area contributed by atoms with Gasteiger partial charge in [-0.05, 0) is 209 Å². The van der Waals surface area contributed by atoms with Crippen LogP contribution in [0.4, 0.5) is 0 Å². The van der Waals surface area contributed by atoms with Crippen molar-refractivity contribution in [1.29, 1.82) is 0 Å². The SMILES string of the molecule is Cc1cc2ccccc2c2ccccc12.Cc1cc2ccccc2cn1.Cc1cc2cccnc2c2ncccc12.Cc1ccc2c3ccccc3c3ccccc3c2c1.Cc1ccc2ccccc2n1.Cc1ccnc2ccccc12.Cc1cnc2ccccc2c1.Cc1nccc2ccccc12. The van der Waals surface area contributed by atoms with E-state index < -0.39 is 0 Å². The highest BCUT2D eigenvalue weighted by molar-refractivity contribution is 6.25. The Morgan fingerprint density at radius 3 is 1.38 bits per heavy atom. The molecule has 0 saturated carbocycles. The van der Waals surface area contributed by atoms with Crippen molar-refractivity contribution < 1.29 is 0 Å². The van der Waals surface area contributed by atoms with Gasteiger partial charge < -0.3 is 0 Å². The molecule has 0 radical (unpaired) electrons. The van der Waals surface area contributed by atoms with Gasteiger partial charge in [0.15, 0.2) is 0 Å². The van der Waals surface area contributed by atoms with Crippen molar-refractivity contribution in [2.75, 3.05) is 0 Å². The topological polar surface area (TPSA) is 90.2 Å². The third kappa shape index (κ3) is 16.6. The normalized spacial score (nSPS) is 10.7. The summed E-state index contributed by atoms with van der Waals surface area (Å²) < 4.78 is 0.